The lowest BCUT2D eigenvalue weighted by Gasteiger charge is -2.05. The Morgan fingerprint density at radius 3 is 2.71 bits per heavy atom. The van der Waals surface area contributed by atoms with Gasteiger partial charge in [-0.2, -0.15) is 0 Å². The summed E-state index contributed by atoms with van der Waals surface area (Å²) in [5.41, 5.74) is 1.68. The number of rotatable bonds is 4. The summed E-state index contributed by atoms with van der Waals surface area (Å²) < 4.78 is 18.1. The predicted molar refractivity (Wildman–Crippen MR) is 64.1 cm³/mol. The molecule has 90 valence electrons. The van der Waals surface area contributed by atoms with Crippen LogP contribution in [-0.2, 0) is 6.42 Å². The second-order valence-corrected chi connectivity index (χ2v) is 4.04. The average molecular weight is 234 g/mol. The molecular weight excluding hydrogens is 219 g/mol. The summed E-state index contributed by atoms with van der Waals surface area (Å²) in [7, 11) is 1.91. The van der Waals surface area contributed by atoms with Gasteiger partial charge in [-0.25, -0.2) is 9.37 Å². The molecule has 2 aromatic rings. The Kier molecular flexibility index (Phi) is 3.54. The maximum Gasteiger partial charge on any atom is 0.226 e. The van der Waals surface area contributed by atoms with E-state index in [1.165, 1.54) is 12.1 Å². The highest BCUT2D eigenvalue weighted by molar-refractivity contribution is 5.52. The Bertz CT molecular complexity index is 478. The molecule has 0 aliphatic rings. The van der Waals surface area contributed by atoms with Crippen molar-refractivity contribution in [3.8, 4) is 11.5 Å². The topological polar surface area (TPSA) is 38.1 Å². The summed E-state index contributed by atoms with van der Waals surface area (Å²) in [4.78, 5) is 4.37. The fourth-order valence-corrected chi connectivity index (χ4v) is 1.54. The van der Waals surface area contributed by atoms with Crippen LogP contribution in [0.3, 0.4) is 0 Å². The molecule has 1 heterocycles. The zero-order valence-corrected chi connectivity index (χ0v) is 9.90. The van der Waals surface area contributed by atoms with Crippen molar-refractivity contribution in [1.82, 2.24) is 10.3 Å². The number of aromatic nitrogens is 1. The zero-order chi connectivity index (χ0) is 12.3. The zero-order valence-electron chi connectivity index (χ0n) is 9.90. The Labute approximate surface area is 99.7 Å². The number of hydrogen-bond acceptors (Lipinski definition) is 3. The number of oxazole rings is 1. The Morgan fingerprint density at radius 2 is 2.06 bits per heavy atom. The Morgan fingerprint density at radius 1 is 1.35 bits per heavy atom. The number of halogens is 1. The monoisotopic (exact) mass is 234 g/mol. The van der Waals surface area contributed by atoms with Gasteiger partial charge in [0.25, 0.3) is 0 Å². The second-order valence-electron chi connectivity index (χ2n) is 4.04. The predicted octanol–water partition coefficient (Wildman–Crippen LogP) is 2.63. The molecule has 0 spiro atoms. The van der Waals surface area contributed by atoms with Crippen molar-refractivity contribution in [2.45, 2.75) is 19.4 Å². The molecule has 2 rings (SSSR count). The molecule has 0 aliphatic heterocycles. The normalized spacial score (nSPS) is 12.6. The molecule has 17 heavy (non-hydrogen) atoms. The molecule has 4 heteroatoms. The highest BCUT2D eigenvalue weighted by Gasteiger charge is 2.08. The van der Waals surface area contributed by atoms with E-state index >= 15 is 0 Å². The standard InChI is InChI=1S/C13H15FN2O/c1-9(15-2)7-12-8-17-13(16-12)10-3-5-11(14)6-4-10/h3-6,8-9,15H,7H2,1-2H3. The number of nitrogens with zero attached hydrogens (tertiary/aromatic N) is 1. The van der Waals surface area contributed by atoms with E-state index in [9.17, 15) is 4.39 Å². The van der Waals surface area contributed by atoms with Crippen LogP contribution < -0.4 is 5.32 Å². The van der Waals surface area contributed by atoms with E-state index in [1.807, 2.05) is 7.05 Å². The highest BCUT2D eigenvalue weighted by Crippen LogP contribution is 2.19. The molecule has 0 saturated heterocycles. The molecule has 3 nitrogen and oxygen atoms in total. The summed E-state index contributed by atoms with van der Waals surface area (Å²) in [6, 6.07) is 6.46. The molecular formula is C13H15FN2O. The third kappa shape index (κ3) is 2.91. The molecule has 0 fully saturated rings. The molecule has 1 atom stereocenters. The van der Waals surface area contributed by atoms with Gasteiger partial charge in [-0.3, -0.25) is 0 Å². The van der Waals surface area contributed by atoms with E-state index in [1.54, 1.807) is 18.4 Å². The first kappa shape index (κ1) is 11.8. The van der Waals surface area contributed by atoms with Crippen LogP contribution in [0.2, 0.25) is 0 Å². The minimum Gasteiger partial charge on any atom is -0.444 e. The molecule has 0 radical (unpaired) electrons. The maximum atomic E-state index is 12.8. The minimum atomic E-state index is -0.260. The van der Waals surface area contributed by atoms with Crippen LogP contribution in [0.1, 0.15) is 12.6 Å². The van der Waals surface area contributed by atoms with Gasteiger partial charge in [0.15, 0.2) is 0 Å². The lowest BCUT2D eigenvalue weighted by molar-refractivity contribution is 0.564. The molecule has 1 unspecified atom stereocenters. The van der Waals surface area contributed by atoms with E-state index in [0.29, 0.717) is 11.9 Å². The van der Waals surface area contributed by atoms with Gasteiger partial charge in [0.05, 0.1) is 5.69 Å². The lowest BCUT2D eigenvalue weighted by Crippen LogP contribution is -2.23. The van der Waals surface area contributed by atoms with E-state index in [4.69, 9.17) is 4.42 Å². The van der Waals surface area contributed by atoms with Gasteiger partial charge in [-0.1, -0.05) is 0 Å². The number of hydrogen-bond donors (Lipinski definition) is 1. The minimum absolute atomic E-state index is 0.260. The molecule has 0 amide bonds. The summed E-state index contributed by atoms with van der Waals surface area (Å²) in [5, 5.41) is 3.14. The van der Waals surface area contributed by atoms with E-state index < -0.39 is 0 Å². The number of nitrogens with one attached hydrogen (secondary N) is 1. The van der Waals surface area contributed by atoms with Crippen molar-refractivity contribution in [2.75, 3.05) is 7.05 Å². The molecule has 1 aromatic carbocycles. The van der Waals surface area contributed by atoms with Gasteiger partial charge in [0, 0.05) is 18.0 Å². The molecule has 1 aromatic heterocycles. The van der Waals surface area contributed by atoms with Gasteiger partial charge < -0.3 is 9.73 Å². The van der Waals surface area contributed by atoms with E-state index in [0.717, 1.165) is 17.7 Å². The van der Waals surface area contributed by atoms with Crippen LogP contribution in [0.5, 0.6) is 0 Å². The van der Waals surface area contributed by atoms with Crippen LogP contribution in [0, 0.1) is 5.82 Å². The van der Waals surface area contributed by atoms with Crippen molar-refractivity contribution in [2.24, 2.45) is 0 Å². The summed E-state index contributed by atoms with van der Waals surface area (Å²) >= 11 is 0. The van der Waals surface area contributed by atoms with Crippen molar-refractivity contribution < 1.29 is 8.81 Å². The quantitative estimate of drug-likeness (QED) is 0.883. The van der Waals surface area contributed by atoms with Gasteiger partial charge in [-0.15, -0.1) is 0 Å². The third-order valence-corrected chi connectivity index (χ3v) is 2.65. The lowest BCUT2D eigenvalue weighted by atomic mass is 10.2. The Hall–Kier alpha value is -1.68. The maximum absolute atomic E-state index is 12.8. The SMILES string of the molecule is CNC(C)Cc1coc(-c2ccc(F)cc2)n1. The first-order chi connectivity index (χ1) is 8.19. The van der Waals surface area contributed by atoms with Crippen LogP contribution in [0.4, 0.5) is 4.39 Å². The number of likely N-dealkylation sites (N-methyl/N-ethyl adjacent to an activating group) is 1. The first-order valence-electron chi connectivity index (χ1n) is 5.56. The summed E-state index contributed by atoms with van der Waals surface area (Å²) in [6.07, 6.45) is 2.45. The van der Waals surface area contributed by atoms with Crippen molar-refractivity contribution in [1.29, 1.82) is 0 Å². The van der Waals surface area contributed by atoms with Crippen LogP contribution in [-0.4, -0.2) is 18.1 Å². The van der Waals surface area contributed by atoms with Crippen LogP contribution in [0.25, 0.3) is 11.5 Å². The molecule has 0 bridgehead atoms. The van der Waals surface area contributed by atoms with Crippen molar-refractivity contribution >= 4 is 0 Å². The largest absolute Gasteiger partial charge is 0.444 e. The average Bonchev–Trinajstić information content (AvgIpc) is 2.78. The van der Waals surface area contributed by atoms with E-state index in [2.05, 4.69) is 17.2 Å². The van der Waals surface area contributed by atoms with Crippen molar-refractivity contribution in [3.63, 3.8) is 0 Å². The molecule has 0 saturated carbocycles. The molecule has 1 N–H and O–H groups in total. The number of benzene rings is 1. The fourth-order valence-electron chi connectivity index (χ4n) is 1.54. The second kappa shape index (κ2) is 5.10. The van der Waals surface area contributed by atoms with Gasteiger partial charge in [0.2, 0.25) is 5.89 Å². The first-order valence-corrected chi connectivity index (χ1v) is 5.56. The van der Waals surface area contributed by atoms with Gasteiger partial charge >= 0.3 is 0 Å². The highest BCUT2D eigenvalue weighted by atomic mass is 19.1. The Balaban J connectivity index is 2.15. The smallest absolute Gasteiger partial charge is 0.226 e. The van der Waals surface area contributed by atoms with Gasteiger partial charge in [0.1, 0.15) is 12.1 Å². The van der Waals surface area contributed by atoms with Crippen LogP contribution in [0.15, 0.2) is 34.9 Å². The summed E-state index contributed by atoms with van der Waals surface area (Å²) in [5.74, 6) is 0.271. The van der Waals surface area contributed by atoms with Crippen LogP contribution >= 0.6 is 0 Å². The summed E-state index contributed by atoms with van der Waals surface area (Å²) in [6.45, 7) is 2.08. The fraction of sp³-hybridized carbons (Fsp3) is 0.308. The third-order valence-electron chi connectivity index (χ3n) is 2.65. The van der Waals surface area contributed by atoms with Gasteiger partial charge in [-0.05, 0) is 38.2 Å². The van der Waals surface area contributed by atoms with E-state index in [-0.39, 0.29) is 5.82 Å². The molecule has 0 aliphatic carbocycles. The van der Waals surface area contributed by atoms with Crippen molar-refractivity contribution in [3.05, 3.63) is 42.0 Å².